The molecule has 0 saturated heterocycles. The Balaban J connectivity index is 2.03. The highest BCUT2D eigenvalue weighted by atomic mass is 79.9. The van der Waals surface area contributed by atoms with Gasteiger partial charge in [0.05, 0.1) is 16.7 Å². The molecule has 0 aliphatic rings. The van der Waals surface area contributed by atoms with Gasteiger partial charge < -0.3 is 5.73 Å². The van der Waals surface area contributed by atoms with Gasteiger partial charge in [-0.2, -0.15) is 0 Å². The molecule has 0 fully saturated rings. The van der Waals surface area contributed by atoms with Crippen LogP contribution in [0.15, 0.2) is 62.7 Å². The molecule has 0 atom stereocenters. The third kappa shape index (κ3) is 3.52. The van der Waals surface area contributed by atoms with Crippen LogP contribution in [0.4, 0.5) is 0 Å². The van der Waals surface area contributed by atoms with Crippen molar-refractivity contribution in [2.24, 2.45) is 5.73 Å². The first-order valence-electron chi connectivity index (χ1n) is 7.20. The Hall–Kier alpha value is -2.12. The number of benzene rings is 2. The molecule has 0 unspecified atom stereocenters. The topological polar surface area (TPSA) is 78.0 Å². The van der Waals surface area contributed by atoms with Crippen LogP contribution in [-0.2, 0) is 17.1 Å². The lowest BCUT2D eigenvalue weighted by Crippen LogP contribution is -2.31. The number of para-hydroxylation sites is 1. The van der Waals surface area contributed by atoms with Crippen molar-refractivity contribution in [3.8, 4) is 0 Å². The molecule has 1 amide bonds. The van der Waals surface area contributed by atoms with Crippen LogP contribution in [0.2, 0.25) is 0 Å². The summed E-state index contributed by atoms with van der Waals surface area (Å²) in [4.78, 5) is 29.6. The number of carbonyl (C=O) groups excluding carboxylic acids is 1. The van der Waals surface area contributed by atoms with Crippen molar-refractivity contribution < 1.29 is 4.79 Å². The van der Waals surface area contributed by atoms with E-state index in [1.165, 1.54) is 16.3 Å². The molecule has 0 aliphatic heterocycles. The summed E-state index contributed by atoms with van der Waals surface area (Å²) >= 11 is 5.04. The van der Waals surface area contributed by atoms with Crippen LogP contribution in [-0.4, -0.2) is 15.5 Å². The minimum atomic E-state index is -0.568. The minimum absolute atomic E-state index is 0.178. The Morgan fingerprint density at radius 3 is 2.62 bits per heavy atom. The summed E-state index contributed by atoms with van der Waals surface area (Å²) in [6, 6.07) is 14.9. The second kappa shape index (κ2) is 7.19. The molecule has 0 spiro atoms. The average Bonchev–Trinajstić information content (AvgIpc) is 2.57. The van der Waals surface area contributed by atoms with E-state index in [4.69, 9.17) is 5.73 Å². The predicted molar refractivity (Wildman–Crippen MR) is 98.9 cm³/mol. The van der Waals surface area contributed by atoms with Gasteiger partial charge in [-0.15, -0.1) is 11.8 Å². The summed E-state index contributed by atoms with van der Waals surface area (Å²) in [6.45, 7) is -0.178. The second-order valence-electron chi connectivity index (χ2n) is 5.12. The van der Waals surface area contributed by atoms with E-state index in [2.05, 4.69) is 20.9 Å². The van der Waals surface area contributed by atoms with Crippen LogP contribution in [0.25, 0.3) is 10.9 Å². The van der Waals surface area contributed by atoms with Gasteiger partial charge in [-0.3, -0.25) is 14.2 Å². The smallest absolute Gasteiger partial charge is 0.261 e. The van der Waals surface area contributed by atoms with E-state index in [0.29, 0.717) is 22.5 Å². The van der Waals surface area contributed by atoms with Crippen molar-refractivity contribution in [1.82, 2.24) is 9.55 Å². The number of nitrogens with two attached hydrogens (primary N) is 1. The lowest BCUT2D eigenvalue weighted by atomic mass is 10.2. The molecule has 24 heavy (non-hydrogen) atoms. The normalized spacial score (nSPS) is 10.9. The van der Waals surface area contributed by atoms with E-state index in [9.17, 15) is 9.59 Å². The highest BCUT2D eigenvalue weighted by Gasteiger charge is 2.13. The van der Waals surface area contributed by atoms with Crippen LogP contribution < -0.4 is 11.3 Å². The first-order chi connectivity index (χ1) is 11.6. The van der Waals surface area contributed by atoms with Gasteiger partial charge in [0.25, 0.3) is 5.56 Å². The molecule has 122 valence electrons. The number of amides is 1. The molecule has 0 radical (unpaired) electrons. The maximum absolute atomic E-state index is 12.7. The molecule has 1 heterocycles. The number of nitrogens with zero attached hydrogens (tertiary/aromatic N) is 2. The van der Waals surface area contributed by atoms with Crippen LogP contribution >= 0.6 is 27.7 Å². The Labute approximate surface area is 151 Å². The summed E-state index contributed by atoms with van der Waals surface area (Å²) in [5.74, 6) is 0.412. The highest BCUT2D eigenvalue weighted by molar-refractivity contribution is 9.10. The number of aromatic nitrogens is 2. The van der Waals surface area contributed by atoms with E-state index in [1.807, 2.05) is 30.3 Å². The summed E-state index contributed by atoms with van der Waals surface area (Å²) in [7, 11) is 0. The average molecular weight is 404 g/mol. The van der Waals surface area contributed by atoms with Crippen molar-refractivity contribution in [2.45, 2.75) is 17.2 Å². The van der Waals surface area contributed by atoms with E-state index in [0.717, 1.165) is 9.37 Å². The van der Waals surface area contributed by atoms with Gasteiger partial charge in [-0.25, -0.2) is 4.98 Å². The van der Waals surface area contributed by atoms with E-state index >= 15 is 0 Å². The molecular weight excluding hydrogens is 390 g/mol. The predicted octanol–water partition coefficient (Wildman–Crippen LogP) is 2.94. The monoisotopic (exact) mass is 403 g/mol. The molecular formula is C17H14BrN3O2S. The number of rotatable bonds is 5. The molecule has 7 heteroatoms. The fraction of sp³-hybridized carbons (Fsp3) is 0.118. The third-order valence-electron chi connectivity index (χ3n) is 3.45. The quantitative estimate of drug-likeness (QED) is 0.664. The molecule has 0 aliphatic carbocycles. The van der Waals surface area contributed by atoms with E-state index < -0.39 is 5.91 Å². The zero-order valence-corrected chi connectivity index (χ0v) is 15.0. The molecule has 2 aromatic carbocycles. The van der Waals surface area contributed by atoms with E-state index in [1.54, 1.807) is 18.2 Å². The fourth-order valence-corrected chi connectivity index (χ4v) is 3.86. The van der Waals surface area contributed by atoms with Gasteiger partial charge in [0.1, 0.15) is 12.4 Å². The van der Waals surface area contributed by atoms with Gasteiger partial charge in [-0.05, 0) is 40.2 Å². The van der Waals surface area contributed by atoms with E-state index in [-0.39, 0.29) is 12.1 Å². The number of fused-ring (bicyclic) bond motifs is 1. The van der Waals surface area contributed by atoms with Crippen molar-refractivity contribution in [1.29, 1.82) is 0 Å². The van der Waals surface area contributed by atoms with Gasteiger partial charge in [0.15, 0.2) is 0 Å². The molecule has 3 rings (SSSR count). The summed E-state index contributed by atoms with van der Waals surface area (Å²) in [5.41, 5.74) is 5.67. The first-order valence-corrected chi connectivity index (χ1v) is 8.98. The number of halogens is 1. The van der Waals surface area contributed by atoms with Crippen LogP contribution in [0.3, 0.4) is 0 Å². The Bertz CT molecular complexity index is 971. The number of hydrogen-bond acceptors (Lipinski definition) is 4. The van der Waals surface area contributed by atoms with Gasteiger partial charge in [-0.1, -0.05) is 24.3 Å². The Morgan fingerprint density at radius 1 is 1.17 bits per heavy atom. The summed E-state index contributed by atoms with van der Waals surface area (Å²) in [6.07, 6.45) is 0. The molecule has 2 N–H and O–H groups in total. The van der Waals surface area contributed by atoms with Crippen molar-refractivity contribution in [2.75, 3.05) is 0 Å². The Morgan fingerprint density at radius 2 is 1.88 bits per heavy atom. The van der Waals surface area contributed by atoms with Crippen molar-refractivity contribution >= 4 is 44.5 Å². The number of hydrogen-bond donors (Lipinski definition) is 1. The number of primary amides is 1. The lowest BCUT2D eigenvalue weighted by molar-refractivity contribution is -0.118. The lowest BCUT2D eigenvalue weighted by Gasteiger charge is -2.12. The third-order valence-corrected chi connectivity index (χ3v) is 5.47. The molecule has 1 aromatic heterocycles. The van der Waals surface area contributed by atoms with Gasteiger partial charge in [0.2, 0.25) is 5.91 Å². The maximum atomic E-state index is 12.7. The Kier molecular flexibility index (Phi) is 5.01. The molecule has 5 nitrogen and oxygen atoms in total. The van der Waals surface area contributed by atoms with Crippen molar-refractivity contribution in [3.05, 3.63) is 69.2 Å². The van der Waals surface area contributed by atoms with Crippen LogP contribution in [0.1, 0.15) is 5.82 Å². The molecule has 0 saturated carbocycles. The van der Waals surface area contributed by atoms with Crippen molar-refractivity contribution in [3.63, 3.8) is 0 Å². The SMILES string of the molecule is NC(=O)Cn1c(CSc2ccccc2Br)nc2ccccc2c1=O. The van der Waals surface area contributed by atoms with Crippen LogP contribution in [0.5, 0.6) is 0 Å². The highest BCUT2D eigenvalue weighted by Crippen LogP contribution is 2.29. The number of thioether (sulfide) groups is 1. The standard InChI is InChI=1S/C17H14BrN3O2S/c18-12-6-2-4-8-14(12)24-10-16-20-13-7-3-1-5-11(13)17(23)21(16)9-15(19)22/h1-8H,9-10H2,(H2,19,22). The second-order valence-corrected chi connectivity index (χ2v) is 6.99. The minimum Gasteiger partial charge on any atom is -0.368 e. The number of carbonyl (C=O) groups is 1. The zero-order chi connectivity index (χ0) is 17.1. The van der Waals surface area contributed by atoms with Gasteiger partial charge in [0, 0.05) is 9.37 Å². The molecule has 0 bridgehead atoms. The largest absolute Gasteiger partial charge is 0.368 e. The first kappa shape index (κ1) is 16.7. The van der Waals surface area contributed by atoms with Gasteiger partial charge >= 0.3 is 0 Å². The zero-order valence-electron chi connectivity index (χ0n) is 12.6. The fourth-order valence-electron chi connectivity index (χ4n) is 2.35. The maximum Gasteiger partial charge on any atom is 0.261 e. The summed E-state index contributed by atoms with van der Waals surface area (Å²) in [5, 5.41) is 0.480. The van der Waals surface area contributed by atoms with Crippen LogP contribution in [0, 0.1) is 0 Å². The molecule has 3 aromatic rings. The summed E-state index contributed by atoms with van der Waals surface area (Å²) < 4.78 is 2.33.